The number of nitrogens with two attached hydrogens (primary N) is 1. The molecule has 23 heavy (non-hydrogen) atoms. The first-order valence-corrected chi connectivity index (χ1v) is 7.97. The quantitative estimate of drug-likeness (QED) is 0.623. The molecule has 0 aromatic heterocycles. The Morgan fingerprint density at radius 1 is 0.870 bits per heavy atom. The van der Waals surface area contributed by atoms with E-state index in [2.05, 4.69) is 42.5 Å². The summed E-state index contributed by atoms with van der Waals surface area (Å²) in [6, 6.07) is 26.3. The lowest BCUT2D eigenvalue weighted by Crippen LogP contribution is -1.96. The largest absolute Gasteiger partial charge is 0.398 e. The molecule has 0 aliphatic carbocycles. The van der Waals surface area contributed by atoms with Crippen LogP contribution in [0.3, 0.4) is 0 Å². The van der Waals surface area contributed by atoms with Crippen LogP contribution in [-0.2, 0) is 6.42 Å². The van der Waals surface area contributed by atoms with Gasteiger partial charge in [0.15, 0.2) is 0 Å². The van der Waals surface area contributed by atoms with E-state index in [0.717, 1.165) is 28.8 Å². The number of benzene rings is 3. The maximum atomic E-state index is 6.20. The number of hydrogen-bond donors (Lipinski definition) is 1. The highest BCUT2D eigenvalue weighted by Gasteiger charge is 2.09. The second kappa shape index (κ2) is 7.17. The Morgan fingerprint density at radius 3 is 2.22 bits per heavy atom. The van der Waals surface area contributed by atoms with Gasteiger partial charge in [0.25, 0.3) is 0 Å². The topological polar surface area (TPSA) is 26.0 Å². The van der Waals surface area contributed by atoms with Gasteiger partial charge in [-0.3, -0.25) is 0 Å². The van der Waals surface area contributed by atoms with E-state index in [-0.39, 0.29) is 0 Å². The monoisotopic (exact) mass is 319 g/mol. The van der Waals surface area contributed by atoms with Gasteiger partial charge in [-0.15, -0.1) is 0 Å². The second-order valence-electron chi connectivity index (χ2n) is 5.41. The fourth-order valence-electron chi connectivity index (χ4n) is 2.60. The molecule has 0 spiro atoms. The van der Waals surface area contributed by atoms with E-state index in [1.165, 1.54) is 5.56 Å². The lowest BCUT2D eigenvalue weighted by molar-refractivity contribution is 1.27. The lowest BCUT2D eigenvalue weighted by Gasteiger charge is -2.12. The van der Waals surface area contributed by atoms with Gasteiger partial charge >= 0.3 is 0 Å². The summed E-state index contributed by atoms with van der Waals surface area (Å²) >= 11 is 6.18. The minimum Gasteiger partial charge on any atom is -0.398 e. The zero-order chi connectivity index (χ0) is 16.1. The van der Waals surface area contributed by atoms with Gasteiger partial charge in [0.2, 0.25) is 0 Å². The highest BCUT2D eigenvalue weighted by molar-refractivity contribution is 6.30. The Morgan fingerprint density at radius 2 is 1.52 bits per heavy atom. The molecule has 0 aliphatic heterocycles. The van der Waals surface area contributed by atoms with Crippen LogP contribution >= 0.6 is 11.6 Å². The molecule has 0 amide bonds. The van der Waals surface area contributed by atoms with Gasteiger partial charge in [0, 0.05) is 16.3 Å². The first kappa shape index (κ1) is 15.4. The molecule has 0 saturated carbocycles. The predicted octanol–water partition coefficient (Wildman–Crippen LogP) is 5.60. The molecule has 0 radical (unpaired) electrons. The van der Waals surface area contributed by atoms with Crippen LogP contribution in [0.15, 0.2) is 84.9 Å². The number of anilines is 1. The Kier molecular flexibility index (Phi) is 4.80. The van der Waals surface area contributed by atoms with Gasteiger partial charge < -0.3 is 5.73 Å². The highest BCUT2D eigenvalue weighted by Crippen LogP contribution is 2.30. The molecule has 0 saturated heterocycles. The number of halogens is 1. The fourth-order valence-corrected chi connectivity index (χ4v) is 2.77. The number of allylic oxidation sites excluding steroid dienone is 1. The summed E-state index contributed by atoms with van der Waals surface area (Å²) in [4.78, 5) is 0. The van der Waals surface area contributed by atoms with E-state index in [4.69, 9.17) is 17.3 Å². The molecule has 0 unspecified atom stereocenters. The Hall–Kier alpha value is -2.51. The predicted molar refractivity (Wildman–Crippen MR) is 99.5 cm³/mol. The van der Waals surface area contributed by atoms with Crippen molar-refractivity contribution < 1.29 is 0 Å². The van der Waals surface area contributed by atoms with Gasteiger partial charge in [-0.1, -0.05) is 78.3 Å². The fraction of sp³-hybridized carbons (Fsp3) is 0.0476. The van der Waals surface area contributed by atoms with Crippen LogP contribution in [0.5, 0.6) is 0 Å². The highest BCUT2D eigenvalue weighted by atomic mass is 35.5. The Labute approximate surface area is 142 Å². The molecule has 3 aromatic carbocycles. The third kappa shape index (κ3) is 3.82. The second-order valence-corrected chi connectivity index (χ2v) is 5.84. The number of rotatable bonds is 4. The third-order valence-electron chi connectivity index (χ3n) is 3.78. The Balaban J connectivity index is 2.05. The van der Waals surface area contributed by atoms with Crippen LogP contribution in [0, 0.1) is 0 Å². The summed E-state index contributed by atoms with van der Waals surface area (Å²) in [6.07, 6.45) is 3.06. The van der Waals surface area contributed by atoms with E-state index in [0.29, 0.717) is 5.02 Å². The van der Waals surface area contributed by atoms with Crippen molar-refractivity contribution >= 4 is 22.9 Å². The van der Waals surface area contributed by atoms with Crippen LogP contribution in [0.2, 0.25) is 5.02 Å². The van der Waals surface area contributed by atoms with Crippen molar-refractivity contribution in [1.29, 1.82) is 0 Å². The summed E-state index contributed by atoms with van der Waals surface area (Å²) in [6.45, 7) is 0. The zero-order valence-corrected chi connectivity index (χ0v) is 13.5. The summed E-state index contributed by atoms with van der Waals surface area (Å²) < 4.78 is 0. The third-order valence-corrected chi connectivity index (χ3v) is 4.01. The van der Waals surface area contributed by atoms with Crippen molar-refractivity contribution in [2.75, 3.05) is 5.73 Å². The summed E-state index contributed by atoms with van der Waals surface area (Å²) in [5, 5.41) is 0.691. The number of hydrogen-bond acceptors (Lipinski definition) is 1. The van der Waals surface area contributed by atoms with Crippen molar-refractivity contribution in [3.63, 3.8) is 0 Å². The van der Waals surface area contributed by atoms with Gasteiger partial charge in [-0.05, 0) is 41.3 Å². The minimum atomic E-state index is 0.691. The van der Waals surface area contributed by atoms with Crippen LogP contribution < -0.4 is 5.73 Å². The van der Waals surface area contributed by atoms with Crippen molar-refractivity contribution in [3.05, 3.63) is 107 Å². The van der Waals surface area contributed by atoms with Gasteiger partial charge in [0.05, 0.1) is 0 Å². The van der Waals surface area contributed by atoms with E-state index >= 15 is 0 Å². The molecular weight excluding hydrogens is 302 g/mol. The standard InChI is InChI=1S/C21H18ClN/c22-18-12-14-21(23)20(15-18)19(17-9-5-2-6-10-17)13-11-16-7-3-1-4-8-16/h1-10,12-15H,11,23H2/b19-13+. The average Bonchev–Trinajstić information content (AvgIpc) is 2.60. The zero-order valence-electron chi connectivity index (χ0n) is 12.7. The molecule has 3 aromatic rings. The molecule has 2 heteroatoms. The van der Waals surface area contributed by atoms with Gasteiger partial charge in [0.1, 0.15) is 0 Å². The van der Waals surface area contributed by atoms with Crippen LogP contribution in [0.1, 0.15) is 16.7 Å². The van der Waals surface area contributed by atoms with Crippen LogP contribution in [0.4, 0.5) is 5.69 Å². The molecule has 0 heterocycles. The summed E-state index contributed by atoms with van der Waals surface area (Å²) in [7, 11) is 0. The molecule has 0 aliphatic rings. The van der Waals surface area contributed by atoms with Crippen molar-refractivity contribution in [3.8, 4) is 0 Å². The first-order valence-electron chi connectivity index (χ1n) is 7.59. The molecule has 1 nitrogen and oxygen atoms in total. The normalized spacial score (nSPS) is 11.4. The van der Waals surface area contributed by atoms with Gasteiger partial charge in [-0.2, -0.15) is 0 Å². The smallest absolute Gasteiger partial charge is 0.0413 e. The maximum absolute atomic E-state index is 6.20. The SMILES string of the molecule is Nc1ccc(Cl)cc1/C(=C/Cc1ccccc1)c1ccccc1. The number of nitrogen functional groups attached to an aromatic ring is 1. The van der Waals surface area contributed by atoms with Crippen LogP contribution in [0.25, 0.3) is 5.57 Å². The minimum absolute atomic E-state index is 0.691. The van der Waals surface area contributed by atoms with Gasteiger partial charge in [-0.25, -0.2) is 0 Å². The first-order chi connectivity index (χ1) is 11.2. The average molecular weight is 320 g/mol. The van der Waals surface area contributed by atoms with Crippen molar-refractivity contribution in [1.82, 2.24) is 0 Å². The van der Waals surface area contributed by atoms with E-state index < -0.39 is 0 Å². The molecular formula is C21H18ClN. The van der Waals surface area contributed by atoms with E-state index in [1.807, 2.05) is 42.5 Å². The lowest BCUT2D eigenvalue weighted by atomic mass is 9.94. The Bertz CT molecular complexity index is 808. The molecule has 0 fully saturated rings. The van der Waals surface area contributed by atoms with E-state index in [1.54, 1.807) is 0 Å². The molecule has 0 bridgehead atoms. The van der Waals surface area contributed by atoms with Crippen molar-refractivity contribution in [2.24, 2.45) is 0 Å². The summed E-state index contributed by atoms with van der Waals surface area (Å²) in [5.41, 5.74) is 11.4. The maximum Gasteiger partial charge on any atom is 0.0413 e. The van der Waals surface area contributed by atoms with Crippen molar-refractivity contribution in [2.45, 2.75) is 6.42 Å². The molecule has 2 N–H and O–H groups in total. The van der Waals surface area contributed by atoms with Crippen LogP contribution in [-0.4, -0.2) is 0 Å². The molecule has 114 valence electrons. The summed E-state index contributed by atoms with van der Waals surface area (Å²) in [5.74, 6) is 0. The molecule has 0 atom stereocenters. The van der Waals surface area contributed by atoms with E-state index in [9.17, 15) is 0 Å². The molecule has 3 rings (SSSR count).